The van der Waals surface area contributed by atoms with Gasteiger partial charge in [-0.05, 0) is 34.3 Å². The van der Waals surface area contributed by atoms with Crippen LogP contribution < -0.4 is 5.32 Å². The topological polar surface area (TPSA) is 35.5 Å². The molecule has 0 radical (unpaired) electrons. The summed E-state index contributed by atoms with van der Waals surface area (Å²) >= 11 is 9.43. The van der Waals surface area contributed by atoms with Crippen molar-refractivity contribution < 1.29 is 5.11 Å². The summed E-state index contributed by atoms with van der Waals surface area (Å²) in [5.74, 6) is 0.852. The van der Waals surface area contributed by atoms with Crippen LogP contribution in [-0.2, 0) is 0 Å². The van der Waals surface area contributed by atoms with Crippen LogP contribution in [0, 0.1) is 5.92 Å². The number of rotatable bonds is 4. The van der Waals surface area contributed by atoms with Gasteiger partial charge in [0.1, 0.15) is 5.75 Å². The molecule has 7 heteroatoms. The molecule has 1 aromatic carbocycles. The summed E-state index contributed by atoms with van der Waals surface area (Å²) in [7, 11) is 0. The van der Waals surface area contributed by atoms with E-state index in [0.29, 0.717) is 15.4 Å². The number of hydrogen-bond acceptors (Lipinski definition) is 3. The molecule has 1 aliphatic heterocycles. The normalized spacial score (nSPS) is 16.8. The Morgan fingerprint density at radius 3 is 2.41 bits per heavy atom. The van der Waals surface area contributed by atoms with Gasteiger partial charge < -0.3 is 10.4 Å². The Kier molecular flexibility index (Phi) is 10.4. The lowest BCUT2D eigenvalue weighted by Gasteiger charge is -2.36. The molecular formula is C15H24BrCl3N2O. The number of benzene rings is 1. The second-order valence-electron chi connectivity index (χ2n) is 5.73. The van der Waals surface area contributed by atoms with Gasteiger partial charge in [-0.25, -0.2) is 0 Å². The van der Waals surface area contributed by atoms with Gasteiger partial charge in [-0.15, -0.1) is 24.8 Å². The standard InChI is InChI=1S/C15H22BrClN2O.2ClH/c1-10(2)9-13(19-7-5-18-6-8-19)11-3-4-12(17)14(16)15(11)20;;/h3-4,10,13,18,20H,5-9H2,1-2H3;2*1H/t13-;;/m1../s1. The van der Waals surface area contributed by atoms with Crippen molar-refractivity contribution in [3.05, 3.63) is 27.2 Å². The van der Waals surface area contributed by atoms with Crippen LogP contribution in [0.3, 0.4) is 0 Å². The van der Waals surface area contributed by atoms with E-state index < -0.39 is 0 Å². The lowest BCUT2D eigenvalue weighted by Crippen LogP contribution is -2.45. The zero-order valence-corrected chi connectivity index (χ0v) is 16.8. The molecule has 0 amide bonds. The molecule has 0 bridgehead atoms. The van der Waals surface area contributed by atoms with E-state index in [0.717, 1.165) is 38.2 Å². The van der Waals surface area contributed by atoms with E-state index in [2.05, 4.69) is 40.0 Å². The van der Waals surface area contributed by atoms with Gasteiger partial charge in [0.25, 0.3) is 0 Å². The van der Waals surface area contributed by atoms with Crippen LogP contribution in [0.1, 0.15) is 31.9 Å². The Morgan fingerprint density at radius 1 is 1.27 bits per heavy atom. The summed E-state index contributed by atoms with van der Waals surface area (Å²) < 4.78 is 0.598. The van der Waals surface area contributed by atoms with Crippen LogP contribution in [0.4, 0.5) is 0 Å². The Bertz CT molecular complexity index is 468. The smallest absolute Gasteiger partial charge is 0.136 e. The van der Waals surface area contributed by atoms with Gasteiger partial charge >= 0.3 is 0 Å². The fourth-order valence-corrected chi connectivity index (χ4v) is 3.25. The second kappa shape index (κ2) is 10.2. The summed E-state index contributed by atoms with van der Waals surface area (Å²) in [5, 5.41) is 14.3. The van der Waals surface area contributed by atoms with Crippen molar-refractivity contribution >= 4 is 52.3 Å². The monoisotopic (exact) mass is 432 g/mol. The number of hydrogen-bond donors (Lipinski definition) is 2. The average Bonchev–Trinajstić information content (AvgIpc) is 2.44. The third-order valence-corrected chi connectivity index (χ3v) is 5.09. The molecule has 0 aromatic heterocycles. The van der Waals surface area contributed by atoms with E-state index >= 15 is 0 Å². The molecule has 128 valence electrons. The predicted molar refractivity (Wildman–Crippen MR) is 102 cm³/mol. The highest BCUT2D eigenvalue weighted by molar-refractivity contribution is 9.10. The lowest BCUT2D eigenvalue weighted by molar-refractivity contribution is 0.151. The largest absolute Gasteiger partial charge is 0.506 e. The SMILES string of the molecule is CC(C)C[C@H](c1ccc(Cl)c(Br)c1O)N1CCNCC1.Cl.Cl. The maximum absolute atomic E-state index is 10.4. The maximum atomic E-state index is 10.4. The fraction of sp³-hybridized carbons (Fsp3) is 0.600. The molecule has 1 saturated heterocycles. The highest BCUT2D eigenvalue weighted by atomic mass is 79.9. The molecule has 22 heavy (non-hydrogen) atoms. The third kappa shape index (κ3) is 5.43. The average molecular weight is 435 g/mol. The maximum Gasteiger partial charge on any atom is 0.136 e. The van der Waals surface area contributed by atoms with Gasteiger partial charge in [0.05, 0.1) is 9.50 Å². The molecule has 0 spiro atoms. The van der Waals surface area contributed by atoms with E-state index in [1.165, 1.54) is 0 Å². The van der Waals surface area contributed by atoms with E-state index in [1.807, 2.05) is 12.1 Å². The van der Waals surface area contributed by atoms with Crippen molar-refractivity contribution in [2.45, 2.75) is 26.3 Å². The molecule has 2 rings (SSSR count). The molecule has 0 aliphatic carbocycles. The minimum atomic E-state index is 0. The highest BCUT2D eigenvalue weighted by Gasteiger charge is 2.26. The van der Waals surface area contributed by atoms with Crippen molar-refractivity contribution in [2.24, 2.45) is 5.92 Å². The van der Waals surface area contributed by atoms with E-state index in [4.69, 9.17) is 11.6 Å². The Hall–Kier alpha value is 0.290. The number of phenolic OH excluding ortho intramolecular Hbond substituents is 1. The number of phenols is 1. The predicted octanol–water partition coefficient (Wildman–Crippen LogP) is 4.64. The molecule has 1 aliphatic rings. The number of halogens is 4. The van der Waals surface area contributed by atoms with Crippen molar-refractivity contribution in [1.29, 1.82) is 0 Å². The van der Waals surface area contributed by atoms with Crippen LogP contribution in [-0.4, -0.2) is 36.2 Å². The van der Waals surface area contributed by atoms with Crippen molar-refractivity contribution in [2.75, 3.05) is 26.2 Å². The first-order valence-electron chi connectivity index (χ1n) is 7.12. The number of piperazine rings is 1. The van der Waals surface area contributed by atoms with Crippen LogP contribution in [0.2, 0.25) is 5.02 Å². The molecule has 1 aromatic rings. The van der Waals surface area contributed by atoms with Gasteiger partial charge in [0.2, 0.25) is 0 Å². The lowest BCUT2D eigenvalue weighted by atomic mass is 9.94. The quantitative estimate of drug-likeness (QED) is 0.724. The molecule has 1 heterocycles. The van der Waals surface area contributed by atoms with E-state index in [1.54, 1.807) is 0 Å². The summed E-state index contributed by atoms with van der Waals surface area (Å²) in [6.45, 7) is 8.47. The third-order valence-electron chi connectivity index (χ3n) is 3.75. The minimum Gasteiger partial charge on any atom is -0.506 e. The summed E-state index contributed by atoms with van der Waals surface area (Å²) in [5.41, 5.74) is 0.969. The number of nitrogens with zero attached hydrogens (tertiary/aromatic N) is 1. The zero-order valence-electron chi connectivity index (χ0n) is 12.8. The molecule has 0 unspecified atom stereocenters. The molecule has 3 nitrogen and oxygen atoms in total. The molecule has 1 fully saturated rings. The van der Waals surface area contributed by atoms with Crippen LogP contribution in [0.15, 0.2) is 16.6 Å². The van der Waals surface area contributed by atoms with Gasteiger partial charge in [0, 0.05) is 37.8 Å². The second-order valence-corrected chi connectivity index (χ2v) is 6.93. The van der Waals surface area contributed by atoms with Gasteiger partial charge in [-0.1, -0.05) is 31.5 Å². The highest BCUT2D eigenvalue weighted by Crippen LogP contribution is 2.41. The van der Waals surface area contributed by atoms with Crippen LogP contribution in [0.25, 0.3) is 0 Å². The Morgan fingerprint density at radius 2 is 1.86 bits per heavy atom. The number of nitrogens with one attached hydrogen (secondary N) is 1. The summed E-state index contributed by atoms with van der Waals surface area (Å²) in [6.07, 6.45) is 1.03. The summed E-state index contributed by atoms with van der Waals surface area (Å²) in [4.78, 5) is 2.45. The van der Waals surface area contributed by atoms with Gasteiger partial charge in [0.15, 0.2) is 0 Å². The molecular weight excluding hydrogens is 410 g/mol. The van der Waals surface area contributed by atoms with E-state index in [-0.39, 0.29) is 36.6 Å². The van der Waals surface area contributed by atoms with Gasteiger partial charge in [-0.2, -0.15) is 0 Å². The first-order chi connectivity index (χ1) is 9.50. The molecule has 0 saturated carbocycles. The van der Waals surface area contributed by atoms with Crippen molar-refractivity contribution in [1.82, 2.24) is 10.2 Å². The fourth-order valence-electron chi connectivity index (χ4n) is 2.74. The number of aromatic hydroxyl groups is 1. The first kappa shape index (κ1) is 22.3. The Labute approximate surface area is 158 Å². The molecule has 1 atom stereocenters. The first-order valence-corrected chi connectivity index (χ1v) is 8.29. The van der Waals surface area contributed by atoms with Crippen LogP contribution >= 0.6 is 52.3 Å². The summed E-state index contributed by atoms with van der Waals surface area (Å²) in [6, 6.07) is 4.05. The van der Waals surface area contributed by atoms with Crippen molar-refractivity contribution in [3.8, 4) is 5.75 Å². The molecule has 2 N–H and O–H groups in total. The van der Waals surface area contributed by atoms with Gasteiger partial charge in [-0.3, -0.25) is 4.90 Å². The zero-order chi connectivity index (χ0) is 14.7. The van der Waals surface area contributed by atoms with E-state index in [9.17, 15) is 5.11 Å². The minimum absolute atomic E-state index is 0. The Balaban J connectivity index is 0.00000220. The van der Waals surface area contributed by atoms with Crippen LogP contribution in [0.5, 0.6) is 5.75 Å². The van der Waals surface area contributed by atoms with Crippen molar-refractivity contribution in [3.63, 3.8) is 0 Å².